The van der Waals surface area contributed by atoms with E-state index in [0.717, 1.165) is 0 Å². The Bertz CT molecular complexity index is 1070. The zero-order valence-corrected chi connectivity index (χ0v) is 16.1. The Labute approximate surface area is 165 Å². The van der Waals surface area contributed by atoms with Crippen molar-refractivity contribution in [3.8, 4) is 0 Å². The van der Waals surface area contributed by atoms with Crippen LogP contribution in [0, 0.1) is 0 Å². The summed E-state index contributed by atoms with van der Waals surface area (Å²) in [5.41, 5.74) is 0.654. The van der Waals surface area contributed by atoms with Crippen molar-refractivity contribution in [3.05, 3.63) is 53.3 Å². The largest absolute Gasteiger partial charge is 0.454 e. The predicted octanol–water partition coefficient (Wildman–Crippen LogP) is 1.34. The van der Waals surface area contributed by atoms with Gasteiger partial charge in [-0.05, 0) is 31.2 Å². The van der Waals surface area contributed by atoms with Crippen LogP contribution in [-0.2, 0) is 24.3 Å². The molecule has 3 rings (SSSR count). The SMILES string of the molecule is C[C@H](N=C1NS(=O)(=O)c2ccccc21)C(=O)OCC(=O)Nc1cccnc1Cl. The first-order valence-corrected chi connectivity index (χ1v) is 9.91. The van der Waals surface area contributed by atoms with Crippen LogP contribution in [0.1, 0.15) is 12.5 Å². The van der Waals surface area contributed by atoms with Gasteiger partial charge in [-0.1, -0.05) is 23.7 Å². The smallest absolute Gasteiger partial charge is 0.331 e. The topological polar surface area (TPSA) is 127 Å². The highest BCUT2D eigenvalue weighted by Crippen LogP contribution is 2.22. The molecule has 2 heterocycles. The van der Waals surface area contributed by atoms with Crippen molar-refractivity contribution in [1.82, 2.24) is 9.71 Å². The highest BCUT2D eigenvalue weighted by atomic mass is 35.5. The number of carbonyl (C=O) groups excluding carboxylic acids is 2. The van der Waals surface area contributed by atoms with Gasteiger partial charge in [-0.3, -0.25) is 14.5 Å². The summed E-state index contributed by atoms with van der Waals surface area (Å²) in [6.45, 7) is 0.877. The van der Waals surface area contributed by atoms with E-state index in [0.29, 0.717) is 5.56 Å². The molecule has 0 spiro atoms. The van der Waals surface area contributed by atoms with Gasteiger partial charge in [0.15, 0.2) is 11.8 Å². The van der Waals surface area contributed by atoms with Gasteiger partial charge in [0.05, 0.1) is 10.6 Å². The molecule has 146 valence electrons. The Morgan fingerprint density at radius 3 is 2.79 bits per heavy atom. The summed E-state index contributed by atoms with van der Waals surface area (Å²) in [5.74, 6) is -1.34. The molecule has 0 bridgehead atoms. The highest BCUT2D eigenvalue weighted by Gasteiger charge is 2.31. The van der Waals surface area contributed by atoms with Gasteiger partial charge < -0.3 is 10.1 Å². The quantitative estimate of drug-likeness (QED) is 0.553. The number of anilines is 1. The Morgan fingerprint density at radius 1 is 1.29 bits per heavy atom. The third kappa shape index (κ3) is 4.29. The van der Waals surface area contributed by atoms with E-state index in [9.17, 15) is 18.0 Å². The third-order valence-corrected chi connectivity index (χ3v) is 5.40. The number of aromatic nitrogens is 1. The van der Waals surface area contributed by atoms with E-state index in [1.807, 2.05) is 0 Å². The summed E-state index contributed by atoms with van der Waals surface area (Å²) < 4.78 is 31.3. The molecule has 0 saturated carbocycles. The second-order valence-corrected chi connectivity index (χ2v) is 7.76. The number of sulfonamides is 1. The molecule has 1 aliphatic heterocycles. The Hall–Kier alpha value is -2.98. The number of halogens is 1. The number of benzene rings is 1. The van der Waals surface area contributed by atoms with E-state index in [4.69, 9.17) is 16.3 Å². The molecular formula is C17H15ClN4O5S. The fourth-order valence-electron chi connectivity index (χ4n) is 2.40. The lowest BCUT2D eigenvalue weighted by Crippen LogP contribution is -2.28. The second-order valence-electron chi connectivity index (χ2n) is 5.75. The molecule has 0 fully saturated rings. The van der Waals surface area contributed by atoms with Crippen LogP contribution in [0.3, 0.4) is 0 Å². The van der Waals surface area contributed by atoms with Crippen LogP contribution < -0.4 is 10.0 Å². The van der Waals surface area contributed by atoms with Crippen molar-refractivity contribution in [2.24, 2.45) is 4.99 Å². The maximum Gasteiger partial charge on any atom is 0.331 e. The highest BCUT2D eigenvalue weighted by molar-refractivity contribution is 7.90. The lowest BCUT2D eigenvalue weighted by molar-refractivity contribution is -0.148. The molecule has 1 aromatic carbocycles. The van der Waals surface area contributed by atoms with Gasteiger partial charge in [-0.15, -0.1) is 0 Å². The van der Waals surface area contributed by atoms with Crippen LogP contribution in [0.2, 0.25) is 5.15 Å². The van der Waals surface area contributed by atoms with Gasteiger partial charge in [-0.2, -0.15) is 0 Å². The molecule has 0 unspecified atom stereocenters. The first kappa shape index (κ1) is 19.8. The Morgan fingerprint density at radius 2 is 2.04 bits per heavy atom. The monoisotopic (exact) mass is 422 g/mol. The maximum atomic E-state index is 12.1. The van der Waals surface area contributed by atoms with Crippen molar-refractivity contribution in [2.75, 3.05) is 11.9 Å². The molecule has 2 N–H and O–H groups in total. The molecule has 1 aromatic heterocycles. The molecule has 1 atom stereocenters. The van der Waals surface area contributed by atoms with Crippen LogP contribution in [-0.4, -0.2) is 43.8 Å². The number of hydrogen-bond acceptors (Lipinski definition) is 7. The van der Waals surface area contributed by atoms with Crippen LogP contribution in [0.15, 0.2) is 52.5 Å². The summed E-state index contributed by atoms with van der Waals surface area (Å²) in [5, 5.41) is 2.57. The van der Waals surface area contributed by atoms with Gasteiger partial charge in [-0.25, -0.2) is 18.2 Å². The first-order chi connectivity index (χ1) is 13.3. The molecule has 28 heavy (non-hydrogen) atoms. The molecule has 1 aliphatic rings. The van der Waals surface area contributed by atoms with Crippen LogP contribution in [0.5, 0.6) is 0 Å². The minimum atomic E-state index is -3.71. The first-order valence-electron chi connectivity index (χ1n) is 8.05. The number of hydrogen-bond donors (Lipinski definition) is 2. The zero-order chi connectivity index (χ0) is 20.3. The van der Waals surface area contributed by atoms with E-state index >= 15 is 0 Å². The average molecular weight is 423 g/mol. The number of amides is 1. The third-order valence-electron chi connectivity index (χ3n) is 3.71. The molecule has 1 amide bonds. The van der Waals surface area contributed by atoms with E-state index in [1.54, 1.807) is 30.3 Å². The van der Waals surface area contributed by atoms with Gasteiger partial charge >= 0.3 is 5.97 Å². The number of esters is 1. The number of ether oxygens (including phenoxy) is 1. The summed E-state index contributed by atoms with van der Waals surface area (Å²) in [4.78, 5) is 32.0. The van der Waals surface area contributed by atoms with Gasteiger partial charge in [0, 0.05) is 11.8 Å². The van der Waals surface area contributed by atoms with Gasteiger partial charge in [0.25, 0.3) is 15.9 Å². The number of nitrogens with zero attached hydrogens (tertiary/aromatic N) is 2. The van der Waals surface area contributed by atoms with Crippen molar-refractivity contribution < 1.29 is 22.7 Å². The van der Waals surface area contributed by atoms with Crippen LogP contribution >= 0.6 is 11.6 Å². The Balaban J connectivity index is 1.62. The summed E-state index contributed by atoms with van der Waals surface area (Å²) in [6.07, 6.45) is 1.47. The van der Waals surface area contributed by atoms with Gasteiger partial charge in [0.1, 0.15) is 11.9 Å². The zero-order valence-electron chi connectivity index (χ0n) is 14.5. The number of pyridine rings is 1. The number of rotatable bonds is 5. The minimum Gasteiger partial charge on any atom is -0.454 e. The van der Waals surface area contributed by atoms with Crippen molar-refractivity contribution in [3.63, 3.8) is 0 Å². The van der Waals surface area contributed by atoms with E-state index in [2.05, 4.69) is 20.0 Å². The Kier molecular flexibility index (Phi) is 5.61. The minimum absolute atomic E-state index is 0.0478. The summed E-state index contributed by atoms with van der Waals surface area (Å²) in [6, 6.07) is 8.38. The van der Waals surface area contributed by atoms with Crippen LogP contribution in [0.4, 0.5) is 5.69 Å². The van der Waals surface area contributed by atoms with E-state index in [1.165, 1.54) is 19.2 Å². The molecule has 0 radical (unpaired) electrons. The van der Waals surface area contributed by atoms with Gasteiger partial charge in [0.2, 0.25) is 0 Å². The number of fused-ring (bicyclic) bond motifs is 1. The second kappa shape index (κ2) is 7.95. The number of carbonyl (C=O) groups is 2. The molecule has 0 saturated heterocycles. The standard InChI is InChI=1S/C17H15ClN4O5S/c1-10(20-16-11-5-2-3-7-13(11)28(25,26)22-16)17(24)27-9-14(23)21-12-6-4-8-19-15(12)18/h2-8,10H,9H2,1H3,(H,20,22)(H,21,23)/t10-/m0/s1. The van der Waals surface area contributed by atoms with Crippen molar-refractivity contribution >= 4 is 45.0 Å². The van der Waals surface area contributed by atoms with E-state index < -0.39 is 34.5 Å². The number of aliphatic imine (C=N–C) groups is 1. The van der Waals surface area contributed by atoms with Crippen LogP contribution in [0.25, 0.3) is 0 Å². The lowest BCUT2D eigenvalue weighted by atomic mass is 10.2. The molecule has 0 aliphatic carbocycles. The fraction of sp³-hybridized carbons (Fsp3) is 0.176. The van der Waals surface area contributed by atoms with E-state index in [-0.39, 0.29) is 21.6 Å². The van der Waals surface area contributed by atoms with Crippen molar-refractivity contribution in [2.45, 2.75) is 17.9 Å². The average Bonchev–Trinajstić information content (AvgIpc) is 2.92. The molecule has 9 nitrogen and oxygen atoms in total. The summed E-state index contributed by atoms with van der Waals surface area (Å²) in [7, 11) is -3.71. The normalized spacial score (nSPS) is 16.7. The molecular weight excluding hydrogens is 408 g/mol. The maximum absolute atomic E-state index is 12.1. The number of nitrogens with one attached hydrogen (secondary N) is 2. The fourth-order valence-corrected chi connectivity index (χ4v) is 3.80. The summed E-state index contributed by atoms with van der Waals surface area (Å²) >= 11 is 5.83. The predicted molar refractivity (Wildman–Crippen MR) is 102 cm³/mol. The number of amidine groups is 1. The lowest BCUT2D eigenvalue weighted by Gasteiger charge is -2.10. The van der Waals surface area contributed by atoms with Crippen molar-refractivity contribution in [1.29, 1.82) is 0 Å². The molecule has 2 aromatic rings. The molecule has 11 heteroatoms.